The van der Waals surface area contributed by atoms with Crippen LogP contribution in [0.1, 0.15) is 26.2 Å². The van der Waals surface area contributed by atoms with Crippen LogP contribution in [0.25, 0.3) is 0 Å². The molecule has 1 aliphatic heterocycles. The van der Waals surface area contributed by atoms with Crippen molar-refractivity contribution in [2.75, 3.05) is 32.8 Å². The van der Waals surface area contributed by atoms with Crippen LogP contribution in [-0.4, -0.2) is 55.7 Å². The van der Waals surface area contributed by atoms with E-state index in [9.17, 15) is 4.79 Å². The Bertz CT molecular complexity index is 289. The van der Waals surface area contributed by atoms with Crippen LogP contribution in [0.15, 0.2) is 0 Å². The zero-order valence-electron chi connectivity index (χ0n) is 12.0. The van der Waals surface area contributed by atoms with Crippen LogP contribution in [0.4, 0.5) is 0 Å². The van der Waals surface area contributed by atoms with Gasteiger partial charge in [0, 0.05) is 31.7 Å². The Kier molecular flexibility index (Phi) is 9.76. The summed E-state index contributed by atoms with van der Waals surface area (Å²) in [5, 5.41) is 3.10. The van der Waals surface area contributed by atoms with Crippen LogP contribution in [0.5, 0.6) is 0 Å². The lowest BCUT2D eigenvalue weighted by molar-refractivity contribution is -0.125. The Hall–Kier alpha value is -0.0700. The van der Waals surface area contributed by atoms with Gasteiger partial charge in [0.25, 0.3) is 0 Å². The molecular weight excluding hydrogens is 301 g/mol. The molecule has 2 fully saturated rings. The monoisotopic (exact) mass is 327 g/mol. The van der Waals surface area contributed by atoms with Gasteiger partial charge in [0.15, 0.2) is 0 Å². The maximum absolute atomic E-state index is 12.1. The molecule has 0 aromatic carbocycles. The third kappa shape index (κ3) is 5.74. The first-order valence-corrected chi connectivity index (χ1v) is 7.03. The van der Waals surface area contributed by atoms with E-state index >= 15 is 0 Å². The zero-order valence-corrected chi connectivity index (χ0v) is 13.7. The molecule has 3 unspecified atom stereocenters. The van der Waals surface area contributed by atoms with Crippen LogP contribution < -0.4 is 11.1 Å². The first-order valence-electron chi connectivity index (χ1n) is 7.03. The van der Waals surface area contributed by atoms with Crippen molar-refractivity contribution in [3.63, 3.8) is 0 Å². The molecule has 5 nitrogen and oxygen atoms in total. The smallest absolute Gasteiger partial charge is 0.224 e. The number of rotatable bonds is 4. The van der Waals surface area contributed by atoms with Gasteiger partial charge in [-0.3, -0.25) is 9.69 Å². The van der Waals surface area contributed by atoms with E-state index in [1.54, 1.807) is 0 Å². The van der Waals surface area contributed by atoms with Crippen LogP contribution in [0.3, 0.4) is 0 Å². The minimum absolute atomic E-state index is 0. The number of hydrogen-bond acceptors (Lipinski definition) is 4. The van der Waals surface area contributed by atoms with Gasteiger partial charge in [-0.05, 0) is 19.8 Å². The fourth-order valence-electron chi connectivity index (χ4n) is 2.88. The Morgan fingerprint density at radius 2 is 2.00 bits per heavy atom. The van der Waals surface area contributed by atoms with Gasteiger partial charge in [-0.15, -0.1) is 24.8 Å². The highest BCUT2D eigenvalue weighted by atomic mass is 35.5. The van der Waals surface area contributed by atoms with Gasteiger partial charge in [0.05, 0.1) is 19.1 Å². The van der Waals surface area contributed by atoms with Gasteiger partial charge in [-0.1, -0.05) is 6.42 Å². The van der Waals surface area contributed by atoms with Crippen molar-refractivity contribution in [2.24, 2.45) is 11.7 Å². The van der Waals surface area contributed by atoms with E-state index in [4.69, 9.17) is 10.5 Å². The van der Waals surface area contributed by atoms with Crippen LogP contribution >= 0.6 is 24.8 Å². The SMILES string of the molecule is CC(CN1CCOCC1)NC(=O)C1CCCC1N.Cl.Cl. The highest BCUT2D eigenvalue weighted by Crippen LogP contribution is 2.24. The molecule has 120 valence electrons. The van der Waals surface area contributed by atoms with Gasteiger partial charge in [-0.2, -0.15) is 0 Å². The summed E-state index contributed by atoms with van der Waals surface area (Å²) >= 11 is 0. The average Bonchev–Trinajstić information content (AvgIpc) is 2.76. The highest BCUT2D eigenvalue weighted by molar-refractivity contribution is 5.85. The third-order valence-electron chi connectivity index (χ3n) is 3.93. The molecular formula is C13H27Cl2N3O2. The van der Waals surface area contributed by atoms with Crippen molar-refractivity contribution in [2.45, 2.75) is 38.3 Å². The van der Waals surface area contributed by atoms with Crippen molar-refractivity contribution in [3.05, 3.63) is 0 Å². The summed E-state index contributed by atoms with van der Waals surface area (Å²) in [4.78, 5) is 14.4. The van der Waals surface area contributed by atoms with Gasteiger partial charge in [-0.25, -0.2) is 0 Å². The van der Waals surface area contributed by atoms with E-state index < -0.39 is 0 Å². The summed E-state index contributed by atoms with van der Waals surface area (Å²) in [5.74, 6) is 0.165. The zero-order chi connectivity index (χ0) is 13.0. The number of hydrogen-bond donors (Lipinski definition) is 2. The van der Waals surface area contributed by atoms with Crippen LogP contribution in [-0.2, 0) is 9.53 Å². The maximum atomic E-state index is 12.1. The summed E-state index contributed by atoms with van der Waals surface area (Å²) in [6.45, 7) is 6.49. The second-order valence-corrected chi connectivity index (χ2v) is 5.52. The van der Waals surface area contributed by atoms with Crippen molar-refractivity contribution >= 4 is 30.7 Å². The molecule has 2 aliphatic rings. The van der Waals surface area contributed by atoms with Crippen molar-refractivity contribution in [1.82, 2.24) is 10.2 Å². The lowest BCUT2D eigenvalue weighted by atomic mass is 10.0. The summed E-state index contributed by atoms with van der Waals surface area (Å²) < 4.78 is 5.31. The molecule has 0 aromatic heterocycles. The number of carbonyl (C=O) groups is 1. The van der Waals surface area contributed by atoms with Gasteiger partial charge >= 0.3 is 0 Å². The number of nitrogens with one attached hydrogen (secondary N) is 1. The topological polar surface area (TPSA) is 67.6 Å². The lowest BCUT2D eigenvalue weighted by Gasteiger charge is -2.30. The van der Waals surface area contributed by atoms with E-state index in [0.717, 1.165) is 52.1 Å². The summed E-state index contributed by atoms with van der Waals surface area (Å²) in [6.07, 6.45) is 3.00. The Balaban J connectivity index is 0.00000180. The van der Waals surface area contributed by atoms with Gasteiger partial charge in [0.1, 0.15) is 0 Å². The minimum Gasteiger partial charge on any atom is -0.379 e. The van der Waals surface area contributed by atoms with E-state index in [1.807, 2.05) is 0 Å². The van der Waals surface area contributed by atoms with E-state index in [-0.39, 0.29) is 48.7 Å². The van der Waals surface area contributed by atoms with Gasteiger partial charge in [0.2, 0.25) is 5.91 Å². The Labute approximate surface area is 133 Å². The van der Waals surface area contributed by atoms with E-state index in [2.05, 4.69) is 17.1 Å². The molecule has 2 rings (SSSR count). The van der Waals surface area contributed by atoms with Crippen LogP contribution in [0.2, 0.25) is 0 Å². The number of carbonyl (C=O) groups excluding carboxylic acids is 1. The highest BCUT2D eigenvalue weighted by Gasteiger charge is 2.30. The predicted octanol–water partition coefficient (Wildman–Crippen LogP) is 0.794. The number of amides is 1. The van der Waals surface area contributed by atoms with Crippen molar-refractivity contribution < 1.29 is 9.53 Å². The normalized spacial score (nSPS) is 28.1. The Morgan fingerprint density at radius 3 is 2.55 bits per heavy atom. The van der Waals surface area contributed by atoms with Crippen molar-refractivity contribution in [1.29, 1.82) is 0 Å². The second-order valence-electron chi connectivity index (χ2n) is 5.52. The number of ether oxygens (including phenoxy) is 1. The molecule has 1 amide bonds. The molecule has 20 heavy (non-hydrogen) atoms. The molecule has 1 saturated carbocycles. The molecule has 3 atom stereocenters. The minimum atomic E-state index is 0. The molecule has 3 N–H and O–H groups in total. The number of nitrogens with two attached hydrogens (primary N) is 1. The number of nitrogens with zero attached hydrogens (tertiary/aromatic N) is 1. The van der Waals surface area contributed by atoms with Crippen molar-refractivity contribution in [3.8, 4) is 0 Å². The molecule has 7 heteroatoms. The molecule has 1 aliphatic carbocycles. The van der Waals surface area contributed by atoms with Crippen LogP contribution in [0, 0.1) is 5.92 Å². The molecule has 0 radical (unpaired) electrons. The average molecular weight is 328 g/mol. The van der Waals surface area contributed by atoms with Gasteiger partial charge < -0.3 is 15.8 Å². The largest absolute Gasteiger partial charge is 0.379 e. The second kappa shape index (κ2) is 9.79. The standard InChI is InChI=1S/C13H25N3O2.2ClH/c1-10(9-16-5-7-18-8-6-16)15-13(17)11-3-2-4-12(11)14;;/h10-12H,2-9,14H2,1H3,(H,15,17);2*1H. The fraction of sp³-hybridized carbons (Fsp3) is 0.923. The molecule has 0 bridgehead atoms. The number of halogens is 2. The number of morpholine rings is 1. The summed E-state index contributed by atoms with van der Waals surface area (Å²) in [5.41, 5.74) is 5.95. The maximum Gasteiger partial charge on any atom is 0.224 e. The fourth-order valence-corrected chi connectivity index (χ4v) is 2.88. The summed E-state index contributed by atoms with van der Waals surface area (Å²) in [7, 11) is 0. The molecule has 0 spiro atoms. The predicted molar refractivity (Wildman–Crippen MR) is 84.7 cm³/mol. The molecule has 1 heterocycles. The first kappa shape index (κ1) is 19.9. The van der Waals surface area contributed by atoms with E-state index in [0.29, 0.717) is 0 Å². The van der Waals surface area contributed by atoms with E-state index in [1.165, 1.54) is 0 Å². The molecule has 1 saturated heterocycles. The third-order valence-corrected chi connectivity index (χ3v) is 3.93. The Morgan fingerprint density at radius 1 is 1.35 bits per heavy atom. The summed E-state index contributed by atoms with van der Waals surface area (Å²) in [6, 6.07) is 0.240. The first-order chi connectivity index (χ1) is 8.66. The lowest BCUT2D eigenvalue weighted by Crippen LogP contribution is -2.48. The quantitative estimate of drug-likeness (QED) is 0.801. The molecule has 0 aromatic rings.